The van der Waals surface area contributed by atoms with Crippen molar-refractivity contribution in [3.05, 3.63) is 52.5 Å². The second-order valence-electron chi connectivity index (χ2n) is 4.38. The highest BCUT2D eigenvalue weighted by atomic mass is 35.5. The van der Waals surface area contributed by atoms with E-state index in [0.717, 1.165) is 5.56 Å². The number of benzene rings is 2. The third kappa shape index (κ3) is 3.38. The maximum Gasteiger partial charge on any atom is 0.335 e. The molecule has 0 aromatic heterocycles. The van der Waals surface area contributed by atoms with E-state index in [9.17, 15) is 4.79 Å². The van der Waals surface area contributed by atoms with Gasteiger partial charge in [0, 0.05) is 17.1 Å². The fourth-order valence-electron chi connectivity index (χ4n) is 1.93. The maximum atomic E-state index is 11.0. The molecule has 0 radical (unpaired) electrons. The van der Waals surface area contributed by atoms with Crippen molar-refractivity contribution < 1.29 is 14.6 Å². The molecule has 0 aliphatic rings. The van der Waals surface area contributed by atoms with Crippen LogP contribution in [0.15, 0.2) is 36.4 Å². The largest absolute Gasteiger partial charge is 0.496 e. The molecule has 0 spiro atoms. The van der Waals surface area contributed by atoms with E-state index in [0.29, 0.717) is 28.7 Å². The molecule has 0 unspecified atom stereocenters. The molecule has 0 aliphatic carbocycles. The molecule has 0 heterocycles. The maximum absolute atomic E-state index is 11.0. The summed E-state index contributed by atoms with van der Waals surface area (Å²) in [7, 11) is 1.56. The van der Waals surface area contributed by atoms with Crippen LogP contribution in [0.5, 0.6) is 5.75 Å². The summed E-state index contributed by atoms with van der Waals surface area (Å²) in [4.78, 5) is 11.0. The molecule has 4 N–H and O–H groups in total. The van der Waals surface area contributed by atoms with E-state index in [4.69, 9.17) is 27.2 Å². The summed E-state index contributed by atoms with van der Waals surface area (Å²) in [6, 6.07) is 9.86. The Morgan fingerprint density at radius 3 is 2.81 bits per heavy atom. The number of methoxy groups -OCH3 is 1. The first-order chi connectivity index (χ1) is 10.0. The van der Waals surface area contributed by atoms with E-state index < -0.39 is 5.97 Å². The summed E-state index contributed by atoms with van der Waals surface area (Å²) >= 11 is 6.15. The number of nitrogens with one attached hydrogen (secondary N) is 1. The van der Waals surface area contributed by atoms with Gasteiger partial charge in [-0.1, -0.05) is 17.7 Å². The Bertz CT molecular complexity index is 674. The molecular formula is C15H15ClN2O3. The lowest BCUT2D eigenvalue weighted by atomic mass is 10.1. The van der Waals surface area contributed by atoms with E-state index >= 15 is 0 Å². The zero-order valence-electron chi connectivity index (χ0n) is 11.4. The minimum absolute atomic E-state index is 0.165. The predicted molar refractivity (Wildman–Crippen MR) is 83.1 cm³/mol. The summed E-state index contributed by atoms with van der Waals surface area (Å²) in [5.74, 6) is -0.351. The Labute approximate surface area is 127 Å². The lowest BCUT2D eigenvalue weighted by molar-refractivity contribution is 0.0697. The molecule has 0 atom stereocenters. The number of carbonyl (C=O) groups is 1. The summed E-state index contributed by atoms with van der Waals surface area (Å²) in [5, 5.41) is 12.7. The van der Waals surface area contributed by atoms with Crippen molar-refractivity contribution in [1.29, 1.82) is 0 Å². The van der Waals surface area contributed by atoms with Gasteiger partial charge in [-0.3, -0.25) is 0 Å². The molecule has 0 aliphatic heterocycles. The van der Waals surface area contributed by atoms with Crippen molar-refractivity contribution in [3.8, 4) is 5.75 Å². The van der Waals surface area contributed by atoms with Gasteiger partial charge in [0.25, 0.3) is 0 Å². The number of ether oxygens (including phenoxy) is 1. The van der Waals surface area contributed by atoms with Crippen molar-refractivity contribution >= 4 is 28.9 Å². The van der Waals surface area contributed by atoms with Crippen LogP contribution in [0.2, 0.25) is 5.02 Å². The van der Waals surface area contributed by atoms with Crippen molar-refractivity contribution in [2.45, 2.75) is 6.54 Å². The minimum atomic E-state index is -1.01. The molecule has 0 saturated heterocycles. The summed E-state index contributed by atoms with van der Waals surface area (Å²) in [5.41, 5.74) is 7.79. The smallest absolute Gasteiger partial charge is 0.335 e. The number of nitrogen functional groups attached to an aromatic ring is 1. The first-order valence-corrected chi connectivity index (χ1v) is 6.58. The molecule has 2 rings (SSSR count). The topological polar surface area (TPSA) is 84.6 Å². The predicted octanol–water partition coefficient (Wildman–Crippen LogP) is 3.24. The first-order valence-electron chi connectivity index (χ1n) is 6.21. The van der Waals surface area contributed by atoms with Crippen molar-refractivity contribution in [2.24, 2.45) is 0 Å². The number of carboxylic acids is 1. The van der Waals surface area contributed by atoms with Gasteiger partial charge >= 0.3 is 5.97 Å². The number of rotatable bonds is 5. The van der Waals surface area contributed by atoms with Crippen molar-refractivity contribution in [2.75, 3.05) is 18.2 Å². The van der Waals surface area contributed by atoms with Gasteiger partial charge in [0.2, 0.25) is 0 Å². The van der Waals surface area contributed by atoms with Crippen LogP contribution in [0.3, 0.4) is 0 Å². The Balaban J connectivity index is 2.24. The van der Waals surface area contributed by atoms with Gasteiger partial charge < -0.3 is 20.9 Å². The third-order valence-electron chi connectivity index (χ3n) is 3.05. The average Bonchev–Trinajstić information content (AvgIpc) is 2.47. The van der Waals surface area contributed by atoms with Crippen LogP contribution in [0.4, 0.5) is 11.4 Å². The second kappa shape index (κ2) is 6.37. The van der Waals surface area contributed by atoms with Crippen LogP contribution in [-0.4, -0.2) is 18.2 Å². The van der Waals surface area contributed by atoms with Gasteiger partial charge in [0.1, 0.15) is 5.75 Å². The van der Waals surface area contributed by atoms with Crippen LogP contribution >= 0.6 is 11.6 Å². The fourth-order valence-corrected chi connectivity index (χ4v) is 2.16. The Kier molecular flexibility index (Phi) is 4.55. The van der Waals surface area contributed by atoms with E-state index in [1.54, 1.807) is 31.4 Å². The molecule has 0 bridgehead atoms. The normalized spacial score (nSPS) is 10.2. The number of hydrogen-bond acceptors (Lipinski definition) is 4. The van der Waals surface area contributed by atoms with Gasteiger partial charge in [0.15, 0.2) is 0 Å². The van der Waals surface area contributed by atoms with Gasteiger partial charge in [-0.15, -0.1) is 0 Å². The molecule has 110 valence electrons. The standard InChI is InChI=1S/C15H15ClN2O3/c1-21-14-4-2-3-11(16)10(14)8-18-13-7-9(15(19)20)5-6-12(13)17/h2-7,18H,8,17H2,1H3,(H,19,20). The van der Waals surface area contributed by atoms with Crippen molar-refractivity contribution in [1.82, 2.24) is 0 Å². The highest BCUT2D eigenvalue weighted by Crippen LogP contribution is 2.28. The molecule has 5 nitrogen and oxygen atoms in total. The number of hydrogen-bond donors (Lipinski definition) is 3. The molecule has 0 saturated carbocycles. The lowest BCUT2D eigenvalue weighted by Crippen LogP contribution is -2.06. The van der Waals surface area contributed by atoms with Gasteiger partial charge in [-0.2, -0.15) is 0 Å². The zero-order valence-corrected chi connectivity index (χ0v) is 12.1. The molecule has 21 heavy (non-hydrogen) atoms. The van der Waals surface area contributed by atoms with Crippen LogP contribution in [0.1, 0.15) is 15.9 Å². The van der Waals surface area contributed by atoms with Crippen LogP contribution in [0.25, 0.3) is 0 Å². The molecule has 2 aromatic rings. The van der Waals surface area contributed by atoms with Crippen LogP contribution in [0, 0.1) is 0 Å². The first kappa shape index (κ1) is 15.0. The summed E-state index contributed by atoms with van der Waals surface area (Å²) < 4.78 is 5.26. The zero-order chi connectivity index (χ0) is 15.4. The Morgan fingerprint density at radius 1 is 1.38 bits per heavy atom. The van der Waals surface area contributed by atoms with E-state index in [1.165, 1.54) is 12.1 Å². The van der Waals surface area contributed by atoms with Crippen molar-refractivity contribution in [3.63, 3.8) is 0 Å². The van der Waals surface area contributed by atoms with Gasteiger partial charge in [-0.05, 0) is 30.3 Å². The molecule has 2 aromatic carbocycles. The fraction of sp³-hybridized carbons (Fsp3) is 0.133. The monoisotopic (exact) mass is 306 g/mol. The van der Waals surface area contributed by atoms with Crippen LogP contribution < -0.4 is 15.8 Å². The third-order valence-corrected chi connectivity index (χ3v) is 3.41. The second-order valence-corrected chi connectivity index (χ2v) is 4.79. The molecular weight excluding hydrogens is 292 g/mol. The Morgan fingerprint density at radius 2 is 2.14 bits per heavy atom. The number of halogens is 1. The summed E-state index contributed by atoms with van der Waals surface area (Å²) in [6.07, 6.45) is 0. The van der Waals surface area contributed by atoms with E-state index in [1.807, 2.05) is 0 Å². The average molecular weight is 307 g/mol. The number of aromatic carboxylic acids is 1. The van der Waals surface area contributed by atoms with E-state index in [2.05, 4.69) is 5.32 Å². The SMILES string of the molecule is COc1cccc(Cl)c1CNc1cc(C(=O)O)ccc1N. The minimum Gasteiger partial charge on any atom is -0.496 e. The lowest BCUT2D eigenvalue weighted by Gasteiger charge is -2.14. The number of anilines is 2. The highest BCUT2D eigenvalue weighted by molar-refractivity contribution is 6.31. The number of nitrogens with two attached hydrogens (primary N) is 1. The summed E-state index contributed by atoms with van der Waals surface area (Å²) in [6.45, 7) is 0.371. The van der Waals surface area contributed by atoms with Crippen LogP contribution in [-0.2, 0) is 6.54 Å². The molecule has 6 heteroatoms. The number of carboxylic acid groups (broad SMARTS) is 1. The Hall–Kier alpha value is -2.40. The van der Waals surface area contributed by atoms with Gasteiger partial charge in [-0.25, -0.2) is 4.79 Å². The quantitative estimate of drug-likeness (QED) is 0.738. The molecule has 0 amide bonds. The molecule has 0 fully saturated rings. The highest BCUT2D eigenvalue weighted by Gasteiger charge is 2.10. The van der Waals surface area contributed by atoms with E-state index in [-0.39, 0.29) is 5.56 Å². The van der Waals surface area contributed by atoms with Gasteiger partial charge in [0.05, 0.1) is 24.0 Å².